The lowest BCUT2D eigenvalue weighted by atomic mass is 10.2. The Balaban J connectivity index is 1.56. The molecule has 2 aromatic carbocycles. The number of aromatic nitrogens is 2. The second-order valence-electron chi connectivity index (χ2n) is 7.21. The molecule has 0 saturated heterocycles. The number of furan rings is 1. The van der Waals surface area contributed by atoms with Crippen LogP contribution in [0.25, 0.3) is 22.4 Å². The molecule has 0 bridgehead atoms. The lowest BCUT2D eigenvalue weighted by Gasteiger charge is -2.08. The van der Waals surface area contributed by atoms with Crippen LogP contribution in [0.4, 0.5) is 6.01 Å². The van der Waals surface area contributed by atoms with Crippen LogP contribution in [0, 0.1) is 0 Å². The Morgan fingerprint density at radius 1 is 1.09 bits per heavy atom. The number of hydrogen-bond donors (Lipinski definition) is 1. The number of nitrogens with zero attached hydrogens (tertiary/aromatic N) is 2. The molecule has 10 heteroatoms. The fourth-order valence-corrected chi connectivity index (χ4v) is 4.15. The molecule has 2 heterocycles. The maximum absolute atomic E-state index is 12.6. The lowest BCUT2D eigenvalue weighted by molar-refractivity contribution is 0.0995. The number of para-hydroxylation sites is 1. The first kappa shape index (κ1) is 21.6. The van der Waals surface area contributed by atoms with E-state index in [-0.39, 0.29) is 22.6 Å². The zero-order valence-corrected chi connectivity index (χ0v) is 18.5. The number of amides is 1. The Hall–Kier alpha value is -3.66. The highest BCUT2D eigenvalue weighted by Crippen LogP contribution is 2.29. The molecule has 1 amide bonds. The Morgan fingerprint density at radius 2 is 1.88 bits per heavy atom. The zero-order valence-electron chi connectivity index (χ0n) is 17.7. The van der Waals surface area contributed by atoms with E-state index in [0.29, 0.717) is 23.5 Å². The predicted octanol–water partition coefficient (Wildman–Crippen LogP) is 4.32. The van der Waals surface area contributed by atoms with Crippen LogP contribution in [0.2, 0.25) is 0 Å². The van der Waals surface area contributed by atoms with Crippen molar-refractivity contribution in [1.29, 1.82) is 0 Å². The van der Waals surface area contributed by atoms with Gasteiger partial charge in [0.25, 0.3) is 5.91 Å². The molecule has 0 atom stereocenters. The molecule has 4 rings (SSSR count). The number of carbonyl (C=O) groups is 1. The zero-order chi connectivity index (χ0) is 22.9. The maximum atomic E-state index is 12.6. The maximum Gasteiger partial charge on any atom is 0.322 e. The minimum absolute atomic E-state index is 0.0527. The van der Waals surface area contributed by atoms with Gasteiger partial charge < -0.3 is 13.6 Å². The Labute approximate surface area is 184 Å². The van der Waals surface area contributed by atoms with Crippen LogP contribution in [0.5, 0.6) is 5.75 Å². The first-order valence-corrected chi connectivity index (χ1v) is 11.5. The second-order valence-corrected chi connectivity index (χ2v) is 9.71. The average molecular weight is 455 g/mol. The van der Waals surface area contributed by atoms with Crippen LogP contribution in [0.3, 0.4) is 0 Å². The van der Waals surface area contributed by atoms with Gasteiger partial charge in [0.15, 0.2) is 26.9 Å². The largest absolute Gasteiger partial charge is 0.490 e. The standard InChI is InChI=1S/C22H21N3O6S/c1-4-29-17-10-6-7-14-12-18(30-19(14)17)20(26)23-22-25-24-21(31-22)15-8-5-9-16(11-15)32(27,28)13(2)3/h5-13H,4H2,1-3H3,(H,23,25,26). The molecular weight excluding hydrogens is 434 g/mol. The molecule has 0 aliphatic carbocycles. The first-order valence-electron chi connectivity index (χ1n) is 9.94. The van der Waals surface area contributed by atoms with Crippen LogP contribution in [0.15, 0.2) is 62.3 Å². The van der Waals surface area contributed by atoms with Gasteiger partial charge in [-0.05, 0) is 51.1 Å². The third-order valence-corrected chi connectivity index (χ3v) is 6.86. The second kappa shape index (κ2) is 8.46. The summed E-state index contributed by atoms with van der Waals surface area (Å²) in [4.78, 5) is 12.8. The fraction of sp³-hybridized carbons (Fsp3) is 0.227. The molecule has 4 aromatic rings. The predicted molar refractivity (Wildman–Crippen MR) is 117 cm³/mol. The van der Waals surface area contributed by atoms with E-state index in [2.05, 4.69) is 15.5 Å². The van der Waals surface area contributed by atoms with Gasteiger partial charge in [-0.1, -0.05) is 23.3 Å². The van der Waals surface area contributed by atoms with Crippen molar-refractivity contribution in [2.45, 2.75) is 30.9 Å². The van der Waals surface area contributed by atoms with Crippen molar-refractivity contribution in [3.05, 3.63) is 54.3 Å². The molecule has 0 aliphatic rings. The number of benzene rings is 2. The van der Waals surface area contributed by atoms with Crippen molar-refractivity contribution < 1.29 is 26.8 Å². The van der Waals surface area contributed by atoms with E-state index in [4.69, 9.17) is 13.6 Å². The van der Waals surface area contributed by atoms with Crippen molar-refractivity contribution in [2.24, 2.45) is 0 Å². The van der Waals surface area contributed by atoms with Crippen molar-refractivity contribution in [1.82, 2.24) is 10.2 Å². The Morgan fingerprint density at radius 3 is 2.62 bits per heavy atom. The van der Waals surface area contributed by atoms with Gasteiger partial charge in [-0.3, -0.25) is 10.1 Å². The molecule has 9 nitrogen and oxygen atoms in total. The summed E-state index contributed by atoms with van der Waals surface area (Å²) in [5.41, 5.74) is 0.888. The molecule has 0 aliphatic heterocycles. The fourth-order valence-electron chi connectivity index (χ4n) is 3.04. The Bertz CT molecular complexity index is 1390. The number of rotatable bonds is 7. The molecule has 0 unspecified atom stereocenters. The average Bonchev–Trinajstić information content (AvgIpc) is 3.42. The van der Waals surface area contributed by atoms with Gasteiger partial charge in [0.2, 0.25) is 5.89 Å². The third kappa shape index (κ3) is 4.09. The normalized spacial score (nSPS) is 11.8. The minimum Gasteiger partial charge on any atom is -0.490 e. The van der Waals surface area contributed by atoms with Crippen molar-refractivity contribution in [2.75, 3.05) is 11.9 Å². The molecular formula is C22H21N3O6S. The van der Waals surface area contributed by atoms with E-state index in [1.54, 1.807) is 44.2 Å². The van der Waals surface area contributed by atoms with E-state index in [0.717, 1.165) is 5.39 Å². The molecule has 0 spiro atoms. The van der Waals surface area contributed by atoms with Crippen molar-refractivity contribution in [3.63, 3.8) is 0 Å². The monoisotopic (exact) mass is 455 g/mol. The number of fused-ring (bicyclic) bond motifs is 1. The van der Waals surface area contributed by atoms with Gasteiger partial charge >= 0.3 is 6.01 Å². The van der Waals surface area contributed by atoms with E-state index < -0.39 is 21.0 Å². The van der Waals surface area contributed by atoms with Gasteiger partial charge in [-0.2, -0.15) is 0 Å². The summed E-state index contributed by atoms with van der Waals surface area (Å²) in [7, 11) is -3.46. The molecule has 0 saturated carbocycles. The number of ether oxygens (including phenoxy) is 1. The summed E-state index contributed by atoms with van der Waals surface area (Å²) >= 11 is 0. The van der Waals surface area contributed by atoms with Gasteiger partial charge in [-0.25, -0.2) is 8.42 Å². The number of sulfone groups is 1. The van der Waals surface area contributed by atoms with Crippen LogP contribution in [-0.2, 0) is 9.84 Å². The number of anilines is 1. The summed E-state index contributed by atoms with van der Waals surface area (Å²) in [5.74, 6) is 0.0941. The molecule has 0 radical (unpaired) electrons. The smallest absolute Gasteiger partial charge is 0.322 e. The number of nitrogens with one attached hydrogen (secondary N) is 1. The third-order valence-electron chi connectivity index (χ3n) is 4.71. The summed E-state index contributed by atoms with van der Waals surface area (Å²) in [6, 6.07) is 13.0. The van der Waals surface area contributed by atoms with Gasteiger partial charge in [0, 0.05) is 10.9 Å². The van der Waals surface area contributed by atoms with Crippen molar-refractivity contribution >= 4 is 32.7 Å². The van der Waals surface area contributed by atoms with Crippen molar-refractivity contribution in [3.8, 4) is 17.2 Å². The minimum atomic E-state index is -3.46. The number of carbonyl (C=O) groups excluding carboxylic acids is 1. The summed E-state index contributed by atoms with van der Waals surface area (Å²) < 4.78 is 41.5. The topological polar surface area (TPSA) is 125 Å². The molecule has 32 heavy (non-hydrogen) atoms. The Kier molecular flexibility index (Phi) is 5.70. The highest BCUT2D eigenvalue weighted by molar-refractivity contribution is 7.92. The SMILES string of the molecule is CCOc1cccc2cc(C(=O)Nc3nnc(-c4cccc(S(=O)(=O)C(C)C)c4)o3)oc12. The molecule has 0 fully saturated rings. The van der Waals surface area contributed by atoms with E-state index in [1.807, 2.05) is 13.0 Å². The van der Waals surface area contributed by atoms with Crippen LogP contribution in [0.1, 0.15) is 31.3 Å². The van der Waals surface area contributed by atoms with E-state index >= 15 is 0 Å². The summed E-state index contributed by atoms with van der Waals surface area (Å²) in [6.45, 7) is 5.54. The van der Waals surface area contributed by atoms with Crippen LogP contribution < -0.4 is 10.1 Å². The molecule has 166 valence electrons. The first-order chi connectivity index (χ1) is 15.3. The summed E-state index contributed by atoms with van der Waals surface area (Å²) in [5, 5.41) is 10.4. The quantitative estimate of drug-likeness (QED) is 0.437. The highest BCUT2D eigenvalue weighted by atomic mass is 32.2. The van der Waals surface area contributed by atoms with Gasteiger partial charge in [0.05, 0.1) is 16.8 Å². The number of hydrogen-bond acceptors (Lipinski definition) is 8. The van der Waals surface area contributed by atoms with Crippen LogP contribution >= 0.6 is 0 Å². The van der Waals surface area contributed by atoms with Gasteiger partial charge in [-0.15, -0.1) is 5.10 Å². The molecule has 1 N–H and O–H groups in total. The van der Waals surface area contributed by atoms with E-state index in [9.17, 15) is 13.2 Å². The van der Waals surface area contributed by atoms with E-state index in [1.165, 1.54) is 12.1 Å². The van der Waals surface area contributed by atoms with Crippen LogP contribution in [-0.4, -0.2) is 36.4 Å². The van der Waals surface area contributed by atoms with Gasteiger partial charge in [0.1, 0.15) is 0 Å². The highest BCUT2D eigenvalue weighted by Gasteiger charge is 2.21. The summed E-state index contributed by atoms with van der Waals surface area (Å²) in [6.07, 6.45) is 0. The molecule has 2 aromatic heterocycles. The lowest BCUT2D eigenvalue weighted by Crippen LogP contribution is -2.13.